The summed E-state index contributed by atoms with van der Waals surface area (Å²) in [6.07, 6.45) is 4.53. The molecule has 0 aliphatic rings. The van der Waals surface area contributed by atoms with Crippen LogP contribution >= 0.6 is 0 Å². The molecule has 0 heterocycles. The van der Waals surface area contributed by atoms with Crippen LogP contribution < -0.4 is 0 Å². The maximum Gasteiger partial charge on any atom is 0.0572 e. The SMILES string of the molecule is CC[C@H](CCC(C)(C)C)OCCCO. The van der Waals surface area contributed by atoms with Gasteiger partial charge in [-0.1, -0.05) is 27.7 Å². The Hall–Kier alpha value is -0.0800. The Morgan fingerprint density at radius 3 is 2.36 bits per heavy atom. The molecule has 0 rings (SSSR count). The van der Waals surface area contributed by atoms with Crippen molar-refractivity contribution in [3.05, 3.63) is 0 Å². The second-order valence-corrected chi connectivity index (χ2v) is 5.08. The number of ether oxygens (including phenoxy) is 1. The molecule has 86 valence electrons. The highest BCUT2D eigenvalue weighted by molar-refractivity contribution is 4.65. The fourth-order valence-corrected chi connectivity index (χ4v) is 1.31. The van der Waals surface area contributed by atoms with Crippen LogP contribution in [0.25, 0.3) is 0 Å². The van der Waals surface area contributed by atoms with Gasteiger partial charge in [0.1, 0.15) is 0 Å². The zero-order valence-electron chi connectivity index (χ0n) is 10.2. The first-order chi connectivity index (χ1) is 6.49. The van der Waals surface area contributed by atoms with Gasteiger partial charge in [0.25, 0.3) is 0 Å². The monoisotopic (exact) mass is 202 g/mol. The normalized spacial score (nSPS) is 14.4. The fourth-order valence-electron chi connectivity index (χ4n) is 1.31. The predicted octanol–water partition coefficient (Wildman–Crippen LogP) is 2.99. The molecular formula is C12H26O2. The lowest BCUT2D eigenvalue weighted by Crippen LogP contribution is -2.17. The van der Waals surface area contributed by atoms with Gasteiger partial charge in [-0.05, 0) is 31.1 Å². The molecule has 0 unspecified atom stereocenters. The minimum absolute atomic E-state index is 0.232. The van der Waals surface area contributed by atoms with Crippen molar-refractivity contribution in [2.45, 2.75) is 59.5 Å². The van der Waals surface area contributed by atoms with Crippen molar-refractivity contribution < 1.29 is 9.84 Å². The van der Waals surface area contributed by atoms with Crippen molar-refractivity contribution in [3.8, 4) is 0 Å². The van der Waals surface area contributed by atoms with Crippen LogP contribution in [0.4, 0.5) is 0 Å². The zero-order chi connectivity index (χ0) is 11.0. The third-order valence-electron chi connectivity index (χ3n) is 2.33. The summed E-state index contributed by atoms with van der Waals surface area (Å²) < 4.78 is 5.67. The van der Waals surface area contributed by atoms with Gasteiger partial charge in [0.15, 0.2) is 0 Å². The molecule has 0 bridgehead atoms. The van der Waals surface area contributed by atoms with Crippen molar-refractivity contribution in [1.82, 2.24) is 0 Å². The van der Waals surface area contributed by atoms with E-state index in [0.717, 1.165) is 19.3 Å². The summed E-state index contributed by atoms with van der Waals surface area (Å²) in [5.41, 5.74) is 0.397. The average molecular weight is 202 g/mol. The summed E-state index contributed by atoms with van der Waals surface area (Å²) in [4.78, 5) is 0. The number of aliphatic hydroxyl groups excluding tert-OH is 1. The molecule has 0 aliphatic heterocycles. The second-order valence-electron chi connectivity index (χ2n) is 5.08. The Labute approximate surface area is 88.7 Å². The third-order valence-corrected chi connectivity index (χ3v) is 2.33. The summed E-state index contributed by atoms with van der Waals surface area (Å²) in [6, 6.07) is 0. The summed E-state index contributed by atoms with van der Waals surface area (Å²) in [5, 5.41) is 8.63. The van der Waals surface area contributed by atoms with E-state index >= 15 is 0 Å². The highest BCUT2D eigenvalue weighted by Crippen LogP contribution is 2.23. The molecule has 0 aromatic rings. The Morgan fingerprint density at radius 2 is 1.93 bits per heavy atom. The molecule has 0 saturated carbocycles. The van der Waals surface area contributed by atoms with Gasteiger partial charge < -0.3 is 9.84 Å². The minimum Gasteiger partial charge on any atom is -0.396 e. The summed E-state index contributed by atoms with van der Waals surface area (Å²) in [5.74, 6) is 0. The van der Waals surface area contributed by atoms with Crippen molar-refractivity contribution in [2.24, 2.45) is 5.41 Å². The van der Waals surface area contributed by atoms with Gasteiger partial charge in [-0.2, -0.15) is 0 Å². The molecule has 0 aliphatic carbocycles. The number of rotatable bonds is 7. The molecule has 2 nitrogen and oxygen atoms in total. The first-order valence-corrected chi connectivity index (χ1v) is 5.72. The molecule has 0 radical (unpaired) electrons. The van der Waals surface area contributed by atoms with Crippen LogP contribution in [0.15, 0.2) is 0 Å². The molecule has 2 heteroatoms. The molecular weight excluding hydrogens is 176 g/mol. The molecule has 0 saturated heterocycles. The molecule has 0 amide bonds. The van der Waals surface area contributed by atoms with E-state index < -0.39 is 0 Å². The van der Waals surface area contributed by atoms with Crippen LogP contribution in [0, 0.1) is 5.41 Å². The van der Waals surface area contributed by atoms with Gasteiger partial charge in [-0.3, -0.25) is 0 Å². The number of aliphatic hydroxyl groups is 1. The topological polar surface area (TPSA) is 29.5 Å². The summed E-state index contributed by atoms with van der Waals surface area (Å²) in [6.45, 7) is 9.86. The van der Waals surface area contributed by atoms with Crippen molar-refractivity contribution in [2.75, 3.05) is 13.2 Å². The largest absolute Gasteiger partial charge is 0.396 e. The maximum atomic E-state index is 8.63. The Bertz CT molecular complexity index is 127. The van der Waals surface area contributed by atoms with Crippen LogP contribution in [0.2, 0.25) is 0 Å². The average Bonchev–Trinajstić information content (AvgIpc) is 2.09. The van der Waals surface area contributed by atoms with Crippen molar-refractivity contribution in [1.29, 1.82) is 0 Å². The van der Waals surface area contributed by atoms with Crippen LogP contribution in [0.3, 0.4) is 0 Å². The van der Waals surface area contributed by atoms with E-state index in [4.69, 9.17) is 9.84 Å². The first kappa shape index (κ1) is 13.9. The van der Waals surface area contributed by atoms with E-state index in [1.165, 1.54) is 6.42 Å². The van der Waals surface area contributed by atoms with Gasteiger partial charge in [0, 0.05) is 13.2 Å². The molecule has 1 N–H and O–H groups in total. The summed E-state index contributed by atoms with van der Waals surface area (Å²) >= 11 is 0. The van der Waals surface area contributed by atoms with E-state index in [1.807, 2.05) is 0 Å². The van der Waals surface area contributed by atoms with Gasteiger partial charge in [0.2, 0.25) is 0 Å². The number of hydrogen-bond acceptors (Lipinski definition) is 2. The fraction of sp³-hybridized carbons (Fsp3) is 1.00. The molecule has 1 atom stereocenters. The smallest absolute Gasteiger partial charge is 0.0572 e. The molecule has 0 fully saturated rings. The number of hydrogen-bond donors (Lipinski definition) is 1. The van der Waals surface area contributed by atoms with Crippen molar-refractivity contribution >= 4 is 0 Å². The third kappa shape index (κ3) is 8.52. The van der Waals surface area contributed by atoms with E-state index in [-0.39, 0.29) is 6.61 Å². The van der Waals surface area contributed by atoms with E-state index in [1.54, 1.807) is 0 Å². The zero-order valence-corrected chi connectivity index (χ0v) is 10.2. The standard InChI is InChI=1S/C12H26O2/c1-5-11(14-10-6-9-13)7-8-12(2,3)4/h11,13H,5-10H2,1-4H3/t11-/m1/s1. The molecule has 0 aromatic carbocycles. The van der Waals surface area contributed by atoms with Crippen LogP contribution in [0.1, 0.15) is 53.4 Å². The van der Waals surface area contributed by atoms with E-state index in [9.17, 15) is 0 Å². The molecule has 0 spiro atoms. The van der Waals surface area contributed by atoms with Gasteiger partial charge in [-0.15, -0.1) is 0 Å². The van der Waals surface area contributed by atoms with E-state index in [2.05, 4.69) is 27.7 Å². The lowest BCUT2D eigenvalue weighted by Gasteiger charge is -2.22. The van der Waals surface area contributed by atoms with Gasteiger partial charge in [0.05, 0.1) is 6.10 Å². The first-order valence-electron chi connectivity index (χ1n) is 5.72. The molecule has 0 aromatic heterocycles. The van der Waals surface area contributed by atoms with E-state index in [0.29, 0.717) is 18.1 Å². The lowest BCUT2D eigenvalue weighted by atomic mass is 9.89. The Morgan fingerprint density at radius 1 is 1.29 bits per heavy atom. The highest BCUT2D eigenvalue weighted by Gasteiger charge is 2.14. The highest BCUT2D eigenvalue weighted by atomic mass is 16.5. The predicted molar refractivity (Wildman–Crippen MR) is 60.4 cm³/mol. The summed E-state index contributed by atoms with van der Waals surface area (Å²) in [7, 11) is 0. The van der Waals surface area contributed by atoms with Gasteiger partial charge in [-0.25, -0.2) is 0 Å². The minimum atomic E-state index is 0.232. The molecule has 14 heavy (non-hydrogen) atoms. The lowest BCUT2D eigenvalue weighted by molar-refractivity contribution is 0.0298. The van der Waals surface area contributed by atoms with Crippen LogP contribution in [-0.4, -0.2) is 24.4 Å². The Kier molecular flexibility index (Phi) is 7.20. The quantitative estimate of drug-likeness (QED) is 0.643. The van der Waals surface area contributed by atoms with Crippen molar-refractivity contribution in [3.63, 3.8) is 0 Å². The second kappa shape index (κ2) is 7.24. The van der Waals surface area contributed by atoms with Gasteiger partial charge >= 0.3 is 0 Å². The van der Waals surface area contributed by atoms with Crippen LogP contribution in [-0.2, 0) is 4.74 Å². The maximum absolute atomic E-state index is 8.63. The Balaban J connectivity index is 3.58. The van der Waals surface area contributed by atoms with Crippen LogP contribution in [0.5, 0.6) is 0 Å².